The molecule has 3 nitrogen and oxygen atoms in total. The van der Waals surface area contributed by atoms with Crippen LogP contribution in [0.15, 0.2) is 24.3 Å². The Hall–Kier alpha value is -1.35. The molecule has 0 amide bonds. The van der Waals surface area contributed by atoms with E-state index in [1.165, 1.54) is 0 Å². The number of carbonyl (C=O) groups excluding carboxylic acids is 1. The minimum Gasteiger partial charge on any atom is -0.427 e. The quantitative estimate of drug-likeness (QED) is 0.531. The fourth-order valence-electron chi connectivity index (χ4n) is 1.47. The molecule has 0 bridgehead atoms. The number of rotatable bonds is 8. The normalized spacial score (nSPS) is 13.8. The summed E-state index contributed by atoms with van der Waals surface area (Å²) in [7, 11) is 0. The van der Waals surface area contributed by atoms with Crippen molar-refractivity contribution < 1.29 is 14.3 Å². The number of benzene rings is 1. The van der Waals surface area contributed by atoms with E-state index in [1.807, 2.05) is 6.92 Å². The topological polar surface area (TPSA) is 35.5 Å². The number of hydrogen-bond acceptors (Lipinski definition) is 3. The van der Waals surface area contributed by atoms with Gasteiger partial charge in [0, 0.05) is 13.0 Å². The van der Waals surface area contributed by atoms with Crippen LogP contribution in [0, 0.1) is 12.0 Å². The van der Waals surface area contributed by atoms with Crippen LogP contribution in [0.5, 0.6) is 5.75 Å². The van der Waals surface area contributed by atoms with Crippen molar-refractivity contribution >= 4 is 5.97 Å². The van der Waals surface area contributed by atoms with Crippen molar-refractivity contribution in [2.75, 3.05) is 6.61 Å². The summed E-state index contributed by atoms with van der Waals surface area (Å²) in [5.41, 5.74) is 0. The predicted molar refractivity (Wildman–Crippen MR) is 75.0 cm³/mol. The first kappa shape index (κ1) is 15.7. The summed E-state index contributed by atoms with van der Waals surface area (Å²) >= 11 is 0. The Morgan fingerprint density at radius 2 is 2.00 bits per heavy atom. The van der Waals surface area contributed by atoms with E-state index in [1.54, 1.807) is 24.3 Å². The molecule has 0 aliphatic rings. The molecule has 0 heterocycles. The summed E-state index contributed by atoms with van der Waals surface area (Å²) in [6, 6.07) is 9.77. The van der Waals surface area contributed by atoms with Crippen molar-refractivity contribution in [3.8, 4) is 5.75 Å². The first-order valence-corrected chi connectivity index (χ1v) is 6.90. The second-order valence-corrected chi connectivity index (χ2v) is 4.91. The van der Waals surface area contributed by atoms with Gasteiger partial charge in [-0.05, 0) is 37.5 Å². The Kier molecular flexibility index (Phi) is 7.19. The van der Waals surface area contributed by atoms with Crippen molar-refractivity contribution in [3.05, 3.63) is 30.3 Å². The van der Waals surface area contributed by atoms with Gasteiger partial charge in [0.05, 0.1) is 6.10 Å². The molecule has 0 aliphatic heterocycles. The first-order valence-electron chi connectivity index (χ1n) is 6.90. The third-order valence-corrected chi connectivity index (χ3v) is 3.04. The van der Waals surface area contributed by atoms with Crippen molar-refractivity contribution in [3.63, 3.8) is 0 Å². The van der Waals surface area contributed by atoms with Gasteiger partial charge in [0.2, 0.25) is 0 Å². The molecule has 0 aromatic heterocycles. The molecule has 1 radical (unpaired) electrons. The van der Waals surface area contributed by atoms with Crippen LogP contribution in [0.25, 0.3) is 0 Å². The molecular formula is C16H23O3. The minimum absolute atomic E-state index is 0.0886. The lowest BCUT2D eigenvalue weighted by molar-refractivity contribution is -0.135. The highest BCUT2D eigenvalue weighted by molar-refractivity contribution is 5.72. The smallest absolute Gasteiger partial charge is 0.311 e. The molecule has 0 aliphatic carbocycles. The second kappa shape index (κ2) is 8.70. The highest BCUT2D eigenvalue weighted by atomic mass is 16.5. The Morgan fingerprint density at radius 1 is 1.32 bits per heavy atom. The summed E-state index contributed by atoms with van der Waals surface area (Å²) in [6.45, 7) is 7.05. The van der Waals surface area contributed by atoms with Gasteiger partial charge in [0.25, 0.3) is 0 Å². The molecule has 1 rings (SSSR count). The van der Waals surface area contributed by atoms with Crippen LogP contribution in [0.3, 0.4) is 0 Å². The van der Waals surface area contributed by atoms with Crippen LogP contribution in [0.1, 0.15) is 40.0 Å². The largest absolute Gasteiger partial charge is 0.427 e. The molecule has 0 fully saturated rings. The Balaban J connectivity index is 2.19. The SMILES string of the molecule is CCC(C)COC(C)CCC(=O)Oc1cc[c]cc1. The zero-order valence-electron chi connectivity index (χ0n) is 12.0. The van der Waals surface area contributed by atoms with Crippen molar-refractivity contribution in [2.24, 2.45) is 5.92 Å². The van der Waals surface area contributed by atoms with E-state index in [4.69, 9.17) is 9.47 Å². The average molecular weight is 263 g/mol. The van der Waals surface area contributed by atoms with E-state index in [9.17, 15) is 4.79 Å². The van der Waals surface area contributed by atoms with Crippen LogP contribution in [-0.2, 0) is 9.53 Å². The van der Waals surface area contributed by atoms with Crippen molar-refractivity contribution in [1.82, 2.24) is 0 Å². The third kappa shape index (κ3) is 6.97. The van der Waals surface area contributed by atoms with E-state index in [0.717, 1.165) is 13.0 Å². The van der Waals surface area contributed by atoms with Gasteiger partial charge in [0.15, 0.2) is 0 Å². The summed E-state index contributed by atoms with van der Waals surface area (Å²) in [5, 5.41) is 0. The molecule has 0 spiro atoms. The molecule has 0 saturated heterocycles. The van der Waals surface area contributed by atoms with Crippen LogP contribution >= 0.6 is 0 Å². The Morgan fingerprint density at radius 3 is 2.63 bits per heavy atom. The maximum Gasteiger partial charge on any atom is 0.311 e. The second-order valence-electron chi connectivity index (χ2n) is 4.91. The molecule has 1 aromatic carbocycles. The van der Waals surface area contributed by atoms with E-state index < -0.39 is 0 Å². The summed E-state index contributed by atoms with van der Waals surface area (Å²) < 4.78 is 10.9. The lowest BCUT2D eigenvalue weighted by atomic mass is 10.1. The number of esters is 1. The van der Waals surface area contributed by atoms with E-state index in [2.05, 4.69) is 19.9 Å². The van der Waals surface area contributed by atoms with Gasteiger partial charge in [-0.3, -0.25) is 4.79 Å². The van der Waals surface area contributed by atoms with Crippen LogP contribution in [0.2, 0.25) is 0 Å². The Labute approximate surface area is 115 Å². The highest BCUT2D eigenvalue weighted by Gasteiger charge is 2.10. The number of ether oxygens (including phenoxy) is 2. The van der Waals surface area contributed by atoms with Gasteiger partial charge >= 0.3 is 5.97 Å². The van der Waals surface area contributed by atoms with Gasteiger partial charge in [-0.15, -0.1) is 0 Å². The molecule has 3 heteroatoms. The van der Waals surface area contributed by atoms with Crippen LogP contribution in [-0.4, -0.2) is 18.7 Å². The maximum atomic E-state index is 11.6. The monoisotopic (exact) mass is 263 g/mol. The van der Waals surface area contributed by atoms with E-state index in [-0.39, 0.29) is 12.1 Å². The lowest BCUT2D eigenvalue weighted by Gasteiger charge is -2.15. The van der Waals surface area contributed by atoms with Gasteiger partial charge in [0.1, 0.15) is 5.75 Å². The standard InChI is InChI=1S/C16H23O3/c1-4-13(2)12-18-14(3)10-11-16(17)19-15-8-6-5-7-9-15/h6-9,13-14H,4,10-12H2,1-3H3. The number of hydrogen-bond donors (Lipinski definition) is 0. The minimum atomic E-state index is -0.217. The maximum absolute atomic E-state index is 11.6. The fourth-order valence-corrected chi connectivity index (χ4v) is 1.47. The number of carbonyl (C=O) groups is 1. The van der Waals surface area contributed by atoms with Crippen molar-refractivity contribution in [1.29, 1.82) is 0 Å². The van der Waals surface area contributed by atoms with Crippen LogP contribution in [0.4, 0.5) is 0 Å². The van der Waals surface area contributed by atoms with Gasteiger partial charge in [-0.2, -0.15) is 0 Å². The van der Waals surface area contributed by atoms with E-state index >= 15 is 0 Å². The fraction of sp³-hybridized carbons (Fsp3) is 0.562. The zero-order chi connectivity index (χ0) is 14.1. The molecule has 2 atom stereocenters. The molecular weight excluding hydrogens is 240 g/mol. The molecule has 2 unspecified atom stereocenters. The van der Waals surface area contributed by atoms with E-state index in [0.29, 0.717) is 24.5 Å². The van der Waals surface area contributed by atoms with Crippen molar-refractivity contribution in [2.45, 2.75) is 46.1 Å². The highest BCUT2D eigenvalue weighted by Crippen LogP contribution is 2.11. The first-order chi connectivity index (χ1) is 9.11. The zero-order valence-corrected chi connectivity index (χ0v) is 12.0. The summed E-state index contributed by atoms with van der Waals surface area (Å²) in [6.07, 6.45) is 2.26. The molecule has 1 aromatic rings. The van der Waals surface area contributed by atoms with Gasteiger partial charge < -0.3 is 9.47 Å². The molecule has 19 heavy (non-hydrogen) atoms. The summed E-state index contributed by atoms with van der Waals surface area (Å²) in [4.78, 5) is 11.6. The Bertz CT molecular complexity index is 362. The van der Waals surface area contributed by atoms with Crippen LogP contribution < -0.4 is 4.74 Å². The third-order valence-electron chi connectivity index (χ3n) is 3.04. The molecule has 0 N–H and O–H groups in total. The van der Waals surface area contributed by atoms with Gasteiger partial charge in [-0.1, -0.05) is 32.4 Å². The molecule has 0 saturated carbocycles. The lowest BCUT2D eigenvalue weighted by Crippen LogP contribution is -2.17. The average Bonchev–Trinajstić information content (AvgIpc) is 2.43. The predicted octanol–water partition coefficient (Wildman–Crippen LogP) is 3.62. The summed E-state index contributed by atoms with van der Waals surface area (Å²) in [5.74, 6) is 0.914. The van der Waals surface area contributed by atoms with Gasteiger partial charge in [-0.25, -0.2) is 0 Å². The molecule has 105 valence electrons.